The summed E-state index contributed by atoms with van der Waals surface area (Å²) in [4.78, 5) is 16.5. The number of nitrogens with zero attached hydrogens (tertiary/aromatic N) is 2. The monoisotopic (exact) mass is 248 g/mol. The molecule has 2 atom stereocenters. The molecule has 2 aliphatic rings. The summed E-state index contributed by atoms with van der Waals surface area (Å²) < 4.78 is 22.7. The molecule has 0 unspecified atom stereocenters. The van der Waals surface area contributed by atoms with Gasteiger partial charge in [-0.3, -0.25) is 4.79 Å². The molecule has 84 valence electrons. The zero-order chi connectivity index (χ0) is 11.2. The van der Waals surface area contributed by atoms with Crippen LogP contribution >= 0.6 is 11.8 Å². The van der Waals surface area contributed by atoms with Crippen LogP contribution in [0.3, 0.4) is 0 Å². The summed E-state index contributed by atoms with van der Waals surface area (Å²) in [5, 5.41) is 0.686. The lowest BCUT2D eigenvalue weighted by molar-refractivity contribution is -0.115. The van der Waals surface area contributed by atoms with Crippen molar-refractivity contribution >= 4 is 32.7 Å². The molecule has 2 rings (SSSR count). The molecule has 15 heavy (non-hydrogen) atoms. The molecular formula is C8H12N2O3S2. The first-order chi connectivity index (χ1) is 6.89. The van der Waals surface area contributed by atoms with Crippen molar-refractivity contribution in [3.05, 3.63) is 0 Å². The van der Waals surface area contributed by atoms with Crippen LogP contribution in [0.1, 0.15) is 6.92 Å². The molecule has 0 saturated carbocycles. The van der Waals surface area contributed by atoms with Gasteiger partial charge >= 0.3 is 0 Å². The van der Waals surface area contributed by atoms with E-state index in [9.17, 15) is 13.2 Å². The first-order valence-electron chi connectivity index (χ1n) is 4.58. The van der Waals surface area contributed by atoms with Crippen LogP contribution in [0.2, 0.25) is 0 Å². The number of hydrogen-bond donors (Lipinski definition) is 0. The van der Waals surface area contributed by atoms with Crippen molar-refractivity contribution in [2.24, 2.45) is 4.99 Å². The Morgan fingerprint density at radius 1 is 1.53 bits per heavy atom. The van der Waals surface area contributed by atoms with Crippen LogP contribution < -0.4 is 0 Å². The second-order valence-electron chi connectivity index (χ2n) is 3.82. The molecule has 2 aliphatic heterocycles. The third-order valence-electron chi connectivity index (χ3n) is 2.58. The maximum Gasteiger partial charge on any atom is 0.244 e. The Balaban J connectivity index is 2.22. The fourth-order valence-electron chi connectivity index (χ4n) is 1.87. The van der Waals surface area contributed by atoms with Crippen LogP contribution in [0.4, 0.5) is 0 Å². The average molecular weight is 248 g/mol. The van der Waals surface area contributed by atoms with Gasteiger partial charge < -0.3 is 4.90 Å². The molecule has 7 heteroatoms. The van der Waals surface area contributed by atoms with E-state index in [0.717, 1.165) is 0 Å². The Hall–Kier alpha value is -0.560. The van der Waals surface area contributed by atoms with Crippen molar-refractivity contribution in [2.75, 3.05) is 18.6 Å². The second-order valence-corrected chi connectivity index (χ2v) is 7.19. The topological polar surface area (TPSA) is 66.8 Å². The first-order valence-corrected chi connectivity index (χ1v) is 7.28. The minimum absolute atomic E-state index is 0.0156. The molecule has 2 fully saturated rings. The smallest absolute Gasteiger partial charge is 0.244 e. The number of fused-ring (bicyclic) bond motifs is 1. The quantitative estimate of drug-likeness (QED) is 0.590. The second kappa shape index (κ2) is 3.48. The predicted molar refractivity (Wildman–Crippen MR) is 59.7 cm³/mol. The fraction of sp³-hybridized carbons (Fsp3) is 0.750. The van der Waals surface area contributed by atoms with Crippen LogP contribution in [0.5, 0.6) is 0 Å². The van der Waals surface area contributed by atoms with Gasteiger partial charge in [-0.2, -0.15) is 4.99 Å². The van der Waals surface area contributed by atoms with E-state index in [1.54, 1.807) is 11.9 Å². The van der Waals surface area contributed by atoms with Gasteiger partial charge in [0, 0.05) is 19.2 Å². The number of amidine groups is 1. The number of sulfone groups is 1. The van der Waals surface area contributed by atoms with Gasteiger partial charge in [0.25, 0.3) is 0 Å². The zero-order valence-electron chi connectivity index (χ0n) is 8.50. The van der Waals surface area contributed by atoms with Gasteiger partial charge in [0.1, 0.15) is 0 Å². The largest absolute Gasteiger partial charge is 0.349 e. The van der Waals surface area contributed by atoms with E-state index in [1.807, 2.05) is 0 Å². The summed E-state index contributed by atoms with van der Waals surface area (Å²) in [6, 6.07) is -0.0156. The summed E-state index contributed by atoms with van der Waals surface area (Å²) in [5.74, 6) is 0.133. The summed E-state index contributed by atoms with van der Waals surface area (Å²) in [6.45, 7) is 1.40. The van der Waals surface area contributed by atoms with E-state index >= 15 is 0 Å². The van der Waals surface area contributed by atoms with Crippen molar-refractivity contribution in [2.45, 2.75) is 18.2 Å². The molecule has 1 amide bonds. The minimum atomic E-state index is -2.89. The fourth-order valence-corrected chi connectivity index (χ4v) is 5.91. The minimum Gasteiger partial charge on any atom is -0.349 e. The molecule has 0 spiro atoms. The van der Waals surface area contributed by atoms with Gasteiger partial charge in [-0.25, -0.2) is 8.42 Å². The van der Waals surface area contributed by atoms with Crippen LogP contribution in [0.25, 0.3) is 0 Å². The summed E-state index contributed by atoms with van der Waals surface area (Å²) in [6.07, 6.45) is 0. The lowest BCUT2D eigenvalue weighted by atomic mass is 10.2. The molecule has 0 aromatic rings. The standard InChI is InChI=1S/C8H12N2O3S2/c1-5(11)9-8-10(2)6-3-15(12,13)4-7(6)14-8/h6-7H,3-4H2,1-2H3/t6-,7-/m0/s1. The molecular weight excluding hydrogens is 236 g/mol. The number of carbonyl (C=O) groups is 1. The Labute approximate surface area is 92.8 Å². The van der Waals surface area contributed by atoms with E-state index < -0.39 is 9.84 Å². The highest BCUT2D eigenvalue weighted by Crippen LogP contribution is 2.36. The third-order valence-corrected chi connectivity index (χ3v) is 5.88. The number of amides is 1. The number of hydrogen-bond acceptors (Lipinski definition) is 4. The van der Waals surface area contributed by atoms with Gasteiger partial charge in [-0.05, 0) is 0 Å². The number of thioether (sulfide) groups is 1. The molecule has 2 saturated heterocycles. The highest BCUT2D eigenvalue weighted by Gasteiger charge is 2.47. The van der Waals surface area contributed by atoms with E-state index in [0.29, 0.717) is 5.17 Å². The summed E-state index contributed by atoms with van der Waals surface area (Å²) in [5.41, 5.74) is 0. The Kier molecular flexibility index (Phi) is 2.54. The lowest BCUT2D eigenvalue weighted by Gasteiger charge is -2.17. The molecule has 0 N–H and O–H groups in total. The molecule has 0 aromatic heterocycles. The molecule has 0 radical (unpaired) electrons. The van der Waals surface area contributed by atoms with Gasteiger partial charge in [0.05, 0.1) is 17.5 Å². The van der Waals surface area contributed by atoms with E-state index in [4.69, 9.17) is 0 Å². The Morgan fingerprint density at radius 2 is 2.20 bits per heavy atom. The van der Waals surface area contributed by atoms with Gasteiger partial charge in [0.2, 0.25) is 5.91 Å². The van der Waals surface area contributed by atoms with E-state index in [1.165, 1.54) is 18.7 Å². The Bertz CT molecular complexity index is 429. The maximum absolute atomic E-state index is 11.4. The molecule has 0 aromatic carbocycles. The summed E-state index contributed by atoms with van der Waals surface area (Å²) in [7, 11) is -1.10. The first kappa shape index (κ1) is 10.9. The maximum atomic E-state index is 11.4. The molecule has 2 heterocycles. The highest BCUT2D eigenvalue weighted by atomic mass is 32.2. The van der Waals surface area contributed by atoms with E-state index in [-0.39, 0.29) is 28.7 Å². The average Bonchev–Trinajstić information content (AvgIpc) is 2.48. The van der Waals surface area contributed by atoms with Crippen molar-refractivity contribution in [1.29, 1.82) is 0 Å². The zero-order valence-corrected chi connectivity index (χ0v) is 10.1. The van der Waals surface area contributed by atoms with Crippen molar-refractivity contribution < 1.29 is 13.2 Å². The molecule has 5 nitrogen and oxygen atoms in total. The predicted octanol–water partition coefficient (Wildman–Crippen LogP) is -0.267. The normalized spacial score (nSPS) is 35.9. The number of rotatable bonds is 0. The Morgan fingerprint density at radius 3 is 2.73 bits per heavy atom. The van der Waals surface area contributed by atoms with E-state index in [2.05, 4.69) is 4.99 Å². The van der Waals surface area contributed by atoms with Crippen LogP contribution in [0, 0.1) is 0 Å². The number of aliphatic imine (C=N–C) groups is 1. The van der Waals surface area contributed by atoms with Crippen molar-refractivity contribution in [1.82, 2.24) is 4.90 Å². The van der Waals surface area contributed by atoms with Crippen molar-refractivity contribution in [3.63, 3.8) is 0 Å². The highest BCUT2D eigenvalue weighted by molar-refractivity contribution is 8.15. The van der Waals surface area contributed by atoms with Gasteiger partial charge in [-0.15, -0.1) is 0 Å². The summed E-state index contributed by atoms with van der Waals surface area (Å²) >= 11 is 1.40. The van der Waals surface area contributed by atoms with Crippen LogP contribution in [0.15, 0.2) is 4.99 Å². The van der Waals surface area contributed by atoms with Crippen LogP contribution in [-0.2, 0) is 14.6 Å². The lowest BCUT2D eigenvalue weighted by Crippen LogP contribution is -2.33. The molecule has 0 bridgehead atoms. The number of carbonyl (C=O) groups excluding carboxylic acids is 1. The van der Waals surface area contributed by atoms with Gasteiger partial charge in [-0.1, -0.05) is 11.8 Å². The van der Waals surface area contributed by atoms with Crippen molar-refractivity contribution in [3.8, 4) is 0 Å². The SMILES string of the molecule is CC(=O)N=C1S[C@H]2CS(=O)(=O)C[C@@H]2N1C. The molecule has 0 aliphatic carbocycles. The third kappa shape index (κ3) is 2.03. The van der Waals surface area contributed by atoms with Crippen LogP contribution in [-0.4, -0.2) is 54.2 Å². The van der Waals surface area contributed by atoms with Gasteiger partial charge in [0.15, 0.2) is 15.0 Å².